The molecule has 0 heterocycles. The molecule has 0 spiro atoms. The van der Waals surface area contributed by atoms with E-state index in [2.05, 4.69) is 4.57 Å². The van der Waals surface area contributed by atoms with Crippen LogP contribution in [0.4, 0.5) is 5.69 Å². The fraction of sp³-hybridized carbons (Fsp3) is 0.333. The molecular weight excluding hydrogens is 285 g/mol. The molecule has 0 radical (unpaired) electrons. The maximum absolute atomic E-state index is 6.56. The minimum absolute atomic E-state index is 1.07. The van der Waals surface area contributed by atoms with Crippen molar-refractivity contribution in [1.29, 1.82) is 0 Å². The molecule has 84 valence electrons. The van der Waals surface area contributed by atoms with Crippen LogP contribution in [0.15, 0.2) is 30.3 Å². The zero-order valence-electron chi connectivity index (χ0n) is 8.97. The SMILES string of the molecule is CN(c1ccccc1)[Si](C)(Cl)[Si](C)(Cl)Cl. The summed E-state index contributed by atoms with van der Waals surface area (Å²) in [5.41, 5.74) is 1.07. The summed E-state index contributed by atoms with van der Waals surface area (Å²) in [5, 5.41) is 0. The Kier molecular flexibility index (Phi) is 4.17. The van der Waals surface area contributed by atoms with Crippen LogP contribution in [0.1, 0.15) is 0 Å². The molecule has 0 N–H and O–H groups in total. The van der Waals surface area contributed by atoms with Crippen LogP contribution in [0, 0.1) is 0 Å². The van der Waals surface area contributed by atoms with E-state index in [9.17, 15) is 0 Å². The van der Waals surface area contributed by atoms with Gasteiger partial charge in [-0.25, -0.2) is 0 Å². The van der Waals surface area contributed by atoms with E-state index in [1.807, 2.05) is 50.5 Å². The molecule has 0 bridgehead atoms. The van der Waals surface area contributed by atoms with Crippen LogP contribution in [0.2, 0.25) is 13.1 Å². The van der Waals surface area contributed by atoms with Crippen LogP contribution in [-0.4, -0.2) is 20.3 Å². The number of benzene rings is 1. The maximum Gasteiger partial charge on any atom is 0.276 e. The number of anilines is 1. The number of nitrogens with zero attached hydrogens (tertiary/aromatic N) is 1. The van der Waals surface area contributed by atoms with Gasteiger partial charge in [-0.3, -0.25) is 0 Å². The highest BCUT2D eigenvalue weighted by Crippen LogP contribution is 2.34. The molecule has 6 heteroatoms. The summed E-state index contributed by atoms with van der Waals surface area (Å²) in [6.45, 7) is 3.88. The monoisotopic (exact) mass is 297 g/mol. The molecule has 1 atom stereocenters. The Hall–Kier alpha value is 0.324. The Bertz CT molecular complexity index is 324. The average molecular weight is 299 g/mol. The zero-order valence-corrected chi connectivity index (χ0v) is 13.2. The molecule has 1 rings (SSSR count). The summed E-state index contributed by atoms with van der Waals surface area (Å²) in [6.07, 6.45) is -2.36. The van der Waals surface area contributed by atoms with Crippen molar-refractivity contribution in [3.8, 4) is 0 Å². The Morgan fingerprint density at radius 1 is 1.00 bits per heavy atom. The van der Waals surface area contributed by atoms with Gasteiger partial charge >= 0.3 is 0 Å². The van der Waals surface area contributed by atoms with Gasteiger partial charge in [0.2, 0.25) is 0 Å². The average Bonchev–Trinajstić information content (AvgIpc) is 2.16. The van der Waals surface area contributed by atoms with E-state index in [1.54, 1.807) is 0 Å². The van der Waals surface area contributed by atoms with Crippen LogP contribution in [0.5, 0.6) is 0 Å². The smallest absolute Gasteiger partial charge is 0.276 e. The number of hydrogen-bond donors (Lipinski definition) is 0. The first-order chi connectivity index (χ1) is 6.77. The molecule has 1 aromatic rings. The third-order valence-corrected chi connectivity index (χ3v) is 24.0. The van der Waals surface area contributed by atoms with Gasteiger partial charge in [0.05, 0.1) is 0 Å². The number of rotatable bonds is 3. The lowest BCUT2D eigenvalue weighted by molar-refractivity contribution is 1.30. The molecule has 0 aromatic heterocycles. The van der Waals surface area contributed by atoms with Crippen molar-refractivity contribution in [1.82, 2.24) is 0 Å². The van der Waals surface area contributed by atoms with E-state index in [4.69, 9.17) is 33.2 Å². The Labute approximate surface area is 107 Å². The zero-order chi connectivity index (χ0) is 11.7. The third kappa shape index (κ3) is 2.91. The topological polar surface area (TPSA) is 3.24 Å². The van der Waals surface area contributed by atoms with Gasteiger partial charge in [0.25, 0.3) is 13.3 Å². The number of halogens is 3. The molecule has 15 heavy (non-hydrogen) atoms. The fourth-order valence-electron chi connectivity index (χ4n) is 1.19. The van der Waals surface area contributed by atoms with Crippen LogP contribution >= 0.6 is 33.2 Å². The number of para-hydroxylation sites is 1. The highest BCUT2D eigenvalue weighted by Gasteiger charge is 2.50. The maximum atomic E-state index is 6.56. The first-order valence-corrected chi connectivity index (χ1v) is 13.6. The molecule has 0 amide bonds. The van der Waals surface area contributed by atoms with Crippen molar-refractivity contribution in [3.05, 3.63) is 30.3 Å². The lowest BCUT2D eigenvalue weighted by Crippen LogP contribution is -2.59. The van der Waals surface area contributed by atoms with E-state index in [0.717, 1.165) is 5.69 Å². The first-order valence-electron chi connectivity index (χ1n) is 4.62. The summed E-state index contributed by atoms with van der Waals surface area (Å²) < 4.78 is 2.06. The molecule has 0 saturated carbocycles. The molecule has 0 aliphatic carbocycles. The normalized spacial score (nSPS) is 15.9. The Balaban J connectivity index is 3.00. The van der Waals surface area contributed by atoms with Gasteiger partial charge in [-0.15, -0.1) is 33.2 Å². The summed E-state index contributed by atoms with van der Waals surface area (Å²) in [7, 11) is -0.311. The summed E-state index contributed by atoms with van der Waals surface area (Å²) in [4.78, 5) is 0. The van der Waals surface area contributed by atoms with E-state index >= 15 is 0 Å². The Morgan fingerprint density at radius 3 is 1.87 bits per heavy atom. The Morgan fingerprint density at radius 2 is 1.47 bits per heavy atom. The van der Waals surface area contributed by atoms with E-state index in [-0.39, 0.29) is 0 Å². The van der Waals surface area contributed by atoms with Gasteiger partial charge in [0.1, 0.15) is 0 Å². The quantitative estimate of drug-likeness (QED) is 0.601. The lowest BCUT2D eigenvalue weighted by Gasteiger charge is -2.37. The van der Waals surface area contributed by atoms with Crippen LogP contribution < -0.4 is 4.57 Å². The second-order valence-electron chi connectivity index (χ2n) is 3.74. The summed E-state index contributed by atoms with van der Waals surface area (Å²) in [5.74, 6) is 0. The molecule has 0 saturated heterocycles. The predicted molar refractivity (Wildman–Crippen MR) is 75.6 cm³/mol. The molecule has 0 aliphatic heterocycles. The second kappa shape index (κ2) is 4.67. The largest absolute Gasteiger partial charge is 0.389 e. The van der Waals surface area contributed by atoms with Gasteiger partial charge < -0.3 is 4.57 Å². The second-order valence-corrected chi connectivity index (χ2v) is 24.2. The molecular formula is C9H14Cl3NSi2. The van der Waals surface area contributed by atoms with Gasteiger partial charge in [0.15, 0.2) is 0 Å². The van der Waals surface area contributed by atoms with Gasteiger partial charge in [-0.05, 0) is 32.3 Å². The van der Waals surface area contributed by atoms with Crippen molar-refractivity contribution in [2.24, 2.45) is 0 Å². The summed E-state index contributed by atoms with van der Waals surface area (Å²) >= 11 is 19.1. The van der Waals surface area contributed by atoms with Crippen molar-refractivity contribution in [2.75, 3.05) is 11.6 Å². The number of hydrogen-bond acceptors (Lipinski definition) is 1. The van der Waals surface area contributed by atoms with Gasteiger partial charge in [0, 0.05) is 5.69 Å². The fourth-order valence-corrected chi connectivity index (χ4v) is 7.14. The van der Waals surface area contributed by atoms with Crippen LogP contribution in [0.3, 0.4) is 0 Å². The summed E-state index contributed by atoms with van der Waals surface area (Å²) in [6, 6.07) is 9.97. The van der Waals surface area contributed by atoms with Crippen molar-refractivity contribution < 1.29 is 0 Å². The molecule has 1 unspecified atom stereocenters. The lowest BCUT2D eigenvalue weighted by atomic mass is 10.3. The van der Waals surface area contributed by atoms with Crippen molar-refractivity contribution >= 4 is 52.2 Å². The molecule has 0 fully saturated rings. The third-order valence-electron chi connectivity index (χ3n) is 2.57. The molecule has 1 nitrogen and oxygen atoms in total. The highest BCUT2D eigenvalue weighted by atomic mass is 35.7. The van der Waals surface area contributed by atoms with Crippen molar-refractivity contribution in [2.45, 2.75) is 13.1 Å². The van der Waals surface area contributed by atoms with Gasteiger partial charge in [-0.1, -0.05) is 18.2 Å². The minimum atomic E-state index is -2.36. The van der Waals surface area contributed by atoms with Crippen molar-refractivity contribution in [3.63, 3.8) is 0 Å². The minimum Gasteiger partial charge on any atom is -0.389 e. The van der Waals surface area contributed by atoms with Crippen LogP contribution in [0.25, 0.3) is 0 Å². The van der Waals surface area contributed by atoms with E-state index in [0.29, 0.717) is 0 Å². The predicted octanol–water partition coefficient (Wildman–Crippen LogP) is 4.06. The highest BCUT2D eigenvalue weighted by molar-refractivity contribution is 7.83. The standard InChI is InChI=1S/C9H14Cl3NSi2/c1-13(9-7-5-4-6-8-9)15(3,12)14(2,10)11/h4-8H,1-3H3. The van der Waals surface area contributed by atoms with Crippen LogP contribution in [-0.2, 0) is 0 Å². The van der Waals surface area contributed by atoms with Gasteiger partial charge in [-0.2, -0.15) is 0 Å². The molecule has 1 aromatic carbocycles. The first kappa shape index (κ1) is 13.4. The molecule has 0 aliphatic rings. The van der Waals surface area contributed by atoms with E-state index < -0.39 is 13.3 Å². The van der Waals surface area contributed by atoms with E-state index in [1.165, 1.54) is 0 Å².